The van der Waals surface area contributed by atoms with Gasteiger partial charge in [0.05, 0.1) is 6.10 Å². The molecule has 0 spiro atoms. The summed E-state index contributed by atoms with van der Waals surface area (Å²) in [6, 6.07) is 2.02. The Kier molecular flexibility index (Phi) is 3.65. The lowest BCUT2D eigenvalue weighted by molar-refractivity contribution is 0.0658. The minimum Gasteiger partial charge on any atom is -0.376 e. The van der Waals surface area contributed by atoms with E-state index in [1.807, 2.05) is 0 Å². The van der Waals surface area contributed by atoms with Crippen molar-refractivity contribution in [1.29, 1.82) is 0 Å². The first-order valence-corrected chi connectivity index (χ1v) is 7.73. The summed E-state index contributed by atoms with van der Waals surface area (Å²) in [6.45, 7) is 6.93. The quantitative estimate of drug-likeness (QED) is 0.830. The molecular weight excluding hydrogens is 224 g/mol. The second-order valence-corrected chi connectivity index (χ2v) is 6.84. The Morgan fingerprint density at radius 1 is 1.11 bits per heavy atom. The van der Waals surface area contributed by atoms with E-state index >= 15 is 0 Å². The maximum atomic E-state index is 5.94. The van der Waals surface area contributed by atoms with E-state index in [1.165, 1.54) is 32.2 Å². The van der Waals surface area contributed by atoms with Crippen LogP contribution in [0, 0.1) is 11.8 Å². The monoisotopic (exact) mass is 252 g/mol. The fraction of sp³-hybridized carbons (Fsp3) is 1.00. The normalized spacial score (nSPS) is 46.5. The summed E-state index contributed by atoms with van der Waals surface area (Å²) in [5, 5.41) is 3.94. The fourth-order valence-corrected chi connectivity index (χ4v) is 3.73. The molecule has 3 heteroatoms. The average Bonchev–Trinajstić information content (AvgIpc) is 3.07. The third-order valence-electron chi connectivity index (χ3n) is 5.26. The van der Waals surface area contributed by atoms with Crippen LogP contribution in [0.15, 0.2) is 0 Å². The average molecular weight is 252 g/mol. The Morgan fingerprint density at radius 3 is 2.61 bits per heavy atom. The van der Waals surface area contributed by atoms with Crippen LogP contribution in [-0.4, -0.2) is 49.3 Å². The number of rotatable bonds is 3. The second kappa shape index (κ2) is 5.10. The molecule has 2 aliphatic heterocycles. The molecule has 2 saturated heterocycles. The first kappa shape index (κ1) is 12.9. The largest absolute Gasteiger partial charge is 0.376 e. The molecule has 3 nitrogen and oxygen atoms in total. The predicted octanol–water partition coefficient (Wildman–Crippen LogP) is 1.87. The van der Waals surface area contributed by atoms with Crippen molar-refractivity contribution in [3.63, 3.8) is 0 Å². The molecule has 0 aromatic heterocycles. The van der Waals surface area contributed by atoms with Gasteiger partial charge in [-0.2, -0.15) is 0 Å². The number of hydrogen-bond donors (Lipinski definition) is 1. The lowest BCUT2D eigenvalue weighted by Crippen LogP contribution is -2.54. The van der Waals surface area contributed by atoms with Gasteiger partial charge in [-0.15, -0.1) is 0 Å². The molecule has 104 valence electrons. The summed E-state index contributed by atoms with van der Waals surface area (Å²) in [4.78, 5) is 2.49. The van der Waals surface area contributed by atoms with Crippen molar-refractivity contribution in [2.45, 2.75) is 63.8 Å². The van der Waals surface area contributed by atoms with Crippen molar-refractivity contribution in [3.05, 3.63) is 0 Å². The molecule has 1 N–H and O–H groups in total. The van der Waals surface area contributed by atoms with Crippen molar-refractivity contribution in [2.24, 2.45) is 11.8 Å². The summed E-state index contributed by atoms with van der Waals surface area (Å²) in [7, 11) is 2.25. The minimum absolute atomic E-state index is 0.521. The molecule has 0 aromatic carbocycles. The zero-order valence-corrected chi connectivity index (χ0v) is 12.1. The van der Waals surface area contributed by atoms with Crippen molar-refractivity contribution >= 4 is 0 Å². The summed E-state index contributed by atoms with van der Waals surface area (Å²) < 4.78 is 5.94. The second-order valence-electron chi connectivity index (χ2n) is 6.84. The van der Waals surface area contributed by atoms with Gasteiger partial charge in [0.25, 0.3) is 0 Å². The molecule has 3 rings (SSSR count). The summed E-state index contributed by atoms with van der Waals surface area (Å²) in [6.07, 6.45) is 5.80. The Labute approximate surface area is 111 Å². The number of piperidine rings is 1. The van der Waals surface area contributed by atoms with Crippen molar-refractivity contribution < 1.29 is 4.74 Å². The number of likely N-dealkylation sites (tertiary alicyclic amines) is 1. The summed E-state index contributed by atoms with van der Waals surface area (Å²) >= 11 is 0. The maximum absolute atomic E-state index is 5.94. The van der Waals surface area contributed by atoms with E-state index < -0.39 is 0 Å². The molecule has 3 fully saturated rings. The first-order chi connectivity index (χ1) is 8.65. The number of ether oxygens (including phenoxy) is 1. The highest BCUT2D eigenvalue weighted by Gasteiger charge is 2.42. The molecule has 0 bridgehead atoms. The van der Waals surface area contributed by atoms with Gasteiger partial charge in [0, 0.05) is 31.3 Å². The smallest absolute Gasteiger partial charge is 0.0757 e. The highest BCUT2D eigenvalue weighted by Crippen LogP contribution is 2.39. The van der Waals surface area contributed by atoms with Gasteiger partial charge in [0.1, 0.15) is 0 Å². The zero-order valence-electron chi connectivity index (χ0n) is 12.1. The van der Waals surface area contributed by atoms with Crippen LogP contribution in [-0.2, 0) is 4.74 Å². The Hall–Kier alpha value is -0.120. The third kappa shape index (κ3) is 2.59. The summed E-state index contributed by atoms with van der Waals surface area (Å²) in [5.74, 6) is 1.62. The summed E-state index contributed by atoms with van der Waals surface area (Å²) in [5.41, 5.74) is 0. The van der Waals surface area contributed by atoms with Crippen LogP contribution in [0.3, 0.4) is 0 Å². The third-order valence-corrected chi connectivity index (χ3v) is 5.26. The van der Waals surface area contributed by atoms with E-state index in [2.05, 4.69) is 31.1 Å². The molecule has 5 atom stereocenters. The van der Waals surface area contributed by atoms with Crippen molar-refractivity contribution in [3.8, 4) is 0 Å². The van der Waals surface area contributed by atoms with E-state index in [0.717, 1.165) is 18.4 Å². The molecule has 1 aliphatic carbocycles. The first-order valence-electron chi connectivity index (χ1n) is 7.73. The Balaban J connectivity index is 1.58. The van der Waals surface area contributed by atoms with Crippen LogP contribution in [0.25, 0.3) is 0 Å². The van der Waals surface area contributed by atoms with Gasteiger partial charge >= 0.3 is 0 Å². The Bertz CT molecular complexity index is 292. The predicted molar refractivity (Wildman–Crippen MR) is 73.7 cm³/mol. The van der Waals surface area contributed by atoms with Gasteiger partial charge in [-0.05, 0) is 51.5 Å². The fourth-order valence-electron chi connectivity index (χ4n) is 3.73. The van der Waals surface area contributed by atoms with Crippen LogP contribution in [0.2, 0.25) is 0 Å². The SMILES string of the molecule is CC1CN(C)C(C)CC1NC1CCOC1C1CC1. The zero-order chi connectivity index (χ0) is 12.7. The lowest BCUT2D eigenvalue weighted by Gasteiger charge is -2.41. The number of hydrogen-bond acceptors (Lipinski definition) is 3. The van der Waals surface area contributed by atoms with Crippen molar-refractivity contribution in [1.82, 2.24) is 10.2 Å². The van der Waals surface area contributed by atoms with E-state index in [-0.39, 0.29) is 0 Å². The van der Waals surface area contributed by atoms with Crippen LogP contribution >= 0.6 is 0 Å². The van der Waals surface area contributed by atoms with E-state index in [1.54, 1.807) is 0 Å². The highest BCUT2D eigenvalue weighted by molar-refractivity contribution is 4.97. The molecule has 0 aromatic rings. The van der Waals surface area contributed by atoms with Crippen LogP contribution in [0.5, 0.6) is 0 Å². The number of nitrogens with one attached hydrogen (secondary N) is 1. The molecular formula is C15H28N2O. The molecule has 0 radical (unpaired) electrons. The van der Waals surface area contributed by atoms with Crippen LogP contribution < -0.4 is 5.32 Å². The lowest BCUT2D eigenvalue weighted by atomic mass is 9.88. The highest BCUT2D eigenvalue weighted by atomic mass is 16.5. The van der Waals surface area contributed by atoms with Gasteiger partial charge in [-0.25, -0.2) is 0 Å². The van der Waals surface area contributed by atoms with Gasteiger partial charge < -0.3 is 15.0 Å². The maximum Gasteiger partial charge on any atom is 0.0757 e. The molecule has 2 heterocycles. The van der Waals surface area contributed by atoms with Gasteiger partial charge in [-0.1, -0.05) is 6.92 Å². The van der Waals surface area contributed by atoms with Crippen LogP contribution in [0.1, 0.15) is 39.5 Å². The molecule has 18 heavy (non-hydrogen) atoms. The molecule has 3 aliphatic rings. The van der Waals surface area contributed by atoms with Crippen molar-refractivity contribution in [2.75, 3.05) is 20.2 Å². The molecule has 5 unspecified atom stereocenters. The van der Waals surface area contributed by atoms with Gasteiger partial charge in [-0.3, -0.25) is 0 Å². The number of nitrogens with zero attached hydrogens (tertiary/aromatic N) is 1. The minimum atomic E-state index is 0.521. The van der Waals surface area contributed by atoms with E-state index in [9.17, 15) is 0 Å². The van der Waals surface area contributed by atoms with Crippen LogP contribution in [0.4, 0.5) is 0 Å². The standard InChI is InChI=1S/C15H28N2O/c1-10-9-17(3)11(2)8-14(10)16-13-6-7-18-15(13)12-4-5-12/h10-16H,4-9H2,1-3H3. The molecule has 0 amide bonds. The van der Waals surface area contributed by atoms with E-state index in [4.69, 9.17) is 4.74 Å². The molecule has 1 saturated carbocycles. The van der Waals surface area contributed by atoms with E-state index in [0.29, 0.717) is 24.2 Å². The van der Waals surface area contributed by atoms with Gasteiger partial charge in [0.15, 0.2) is 0 Å². The Morgan fingerprint density at radius 2 is 1.89 bits per heavy atom. The topological polar surface area (TPSA) is 24.5 Å². The van der Waals surface area contributed by atoms with Gasteiger partial charge in [0.2, 0.25) is 0 Å².